The van der Waals surface area contributed by atoms with Crippen molar-refractivity contribution < 1.29 is 32.6 Å². The van der Waals surface area contributed by atoms with Crippen molar-refractivity contribution in [1.82, 2.24) is 13.9 Å². The maximum atomic E-state index is 12.9. The molecule has 4 aromatic rings. The van der Waals surface area contributed by atoms with Crippen LogP contribution in [0.2, 0.25) is 0 Å². The minimum atomic E-state index is -2.83. The predicted molar refractivity (Wildman–Crippen MR) is 174 cm³/mol. The topological polar surface area (TPSA) is 123 Å². The first-order valence-electron chi connectivity index (χ1n) is 14.8. The lowest BCUT2D eigenvalue weighted by Gasteiger charge is -2.34. The Hall–Kier alpha value is -3.84. The Morgan fingerprint density at radius 2 is 1.80 bits per heavy atom. The number of nitrogens with zero attached hydrogens (tertiary/aromatic N) is 3. The zero-order valence-electron chi connectivity index (χ0n) is 25.8. The second-order valence-electron chi connectivity index (χ2n) is 10.6. The number of carbonyl (C=O) groups is 2. The summed E-state index contributed by atoms with van der Waals surface area (Å²) in [6, 6.07) is 18.6. The molecule has 2 aromatic heterocycles. The molecular formula is C33H38N3O7S2-. The van der Waals surface area contributed by atoms with Gasteiger partial charge in [-0.05, 0) is 40.5 Å². The maximum Gasteiger partial charge on any atom is 0.421 e. The van der Waals surface area contributed by atoms with Gasteiger partial charge in [0.25, 0.3) is 0 Å². The highest BCUT2D eigenvalue weighted by Gasteiger charge is 2.33. The molecule has 0 saturated heterocycles. The lowest BCUT2D eigenvalue weighted by Crippen LogP contribution is -2.39. The van der Waals surface area contributed by atoms with Crippen LogP contribution in [0, 0.1) is 5.92 Å². The minimum Gasteiger partial charge on any atom is -0.755 e. The summed E-state index contributed by atoms with van der Waals surface area (Å²) in [6.45, 7) is 6.85. The number of hydrogen-bond donors (Lipinski definition) is 0. The van der Waals surface area contributed by atoms with Gasteiger partial charge in [-0.3, -0.25) is 9.00 Å². The molecule has 2 aromatic carbocycles. The van der Waals surface area contributed by atoms with E-state index in [4.69, 9.17) is 14.2 Å². The Kier molecular flexibility index (Phi) is 12.5. The standard InChI is InChI=1S/C33H39N3O7S2/c1-5-6-17-43-33(38)36(45(39)40)29(23(2)3)30-27(16-20-44-30)25-14-12-24(13-15-25)21-35-28(22-37)32(42-19-18-41-4)34-31(35)26-10-8-7-9-11-26/h7-16,20,22-23,29H,5-6,17-19,21H2,1-4H3,(H,39,40)/p-1. The van der Waals surface area contributed by atoms with Gasteiger partial charge in [-0.15, -0.1) is 11.3 Å². The van der Waals surface area contributed by atoms with Gasteiger partial charge in [-0.25, -0.2) is 9.10 Å². The average Bonchev–Trinajstić information content (AvgIpc) is 3.65. The van der Waals surface area contributed by atoms with Crippen molar-refractivity contribution in [2.24, 2.45) is 5.92 Å². The van der Waals surface area contributed by atoms with E-state index >= 15 is 0 Å². The van der Waals surface area contributed by atoms with E-state index < -0.39 is 23.4 Å². The quantitative estimate of drug-likeness (QED) is 0.0728. The summed E-state index contributed by atoms with van der Waals surface area (Å²) < 4.78 is 43.4. The van der Waals surface area contributed by atoms with Gasteiger partial charge in [0.15, 0.2) is 6.29 Å². The van der Waals surface area contributed by atoms with E-state index in [9.17, 15) is 18.4 Å². The first-order chi connectivity index (χ1) is 21.8. The fourth-order valence-electron chi connectivity index (χ4n) is 4.93. The number of thiophene rings is 1. The van der Waals surface area contributed by atoms with Crippen molar-refractivity contribution in [1.29, 1.82) is 0 Å². The molecule has 0 bridgehead atoms. The van der Waals surface area contributed by atoms with Crippen LogP contribution in [0.25, 0.3) is 22.5 Å². The van der Waals surface area contributed by atoms with E-state index in [1.165, 1.54) is 11.3 Å². The number of aldehydes is 1. The number of aromatic nitrogens is 2. The van der Waals surface area contributed by atoms with Crippen LogP contribution in [-0.4, -0.2) is 61.9 Å². The molecule has 0 saturated carbocycles. The highest BCUT2D eigenvalue weighted by Crippen LogP contribution is 2.40. The summed E-state index contributed by atoms with van der Waals surface area (Å²) >= 11 is -1.43. The SMILES string of the molecule is CCCCOC(=O)N(C(c1sccc1-c1ccc(Cn2c(-c3ccccc3)nc(OCCOC)c2C=O)cc1)C(C)C)S(=O)[O-]. The van der Waals surface area contributed by atoms with Gasteiger partial charge >= 0.3 is 6.09 Å². The second kappa shape index (κ2) is 16.5. The predicted octanol–water partition coefficient (Wildman–Crippen LogP) is 6.89. The van der Waals surface area contributed by atoms with E-state index in [1.807, 2.05) is 91.4 Å². The smallest absolute Gasteiger partial charge is 0.421 e. The van der Waals surface area contributed by atoms with Gasteiger partial charge in [0.2, 0.25) is 5.88 Å². The normalized spacial score (nSPS) is 12.6. The van der Waals surface area contributed by atoms with E-state index in [0.717, 1.165) is 44.1 Å². The summed E-state index contributed by atoms with van der Waals surface area (Å²) in [5, 5.41) is 1.89. The van der Waals surface area contributed by atoms with Crippen LogP contribution in [-0.2, 0) is 27.3 Å². The summed E-state index contributed by atoms with van der Waals surface area (Å²) in [7, 11) is 1.58. The summed E-state index contributed by atoms with van der Waals surface area (Å²) in [4.78, 5) is 30.5. The number of rotatable bonds is 16. The zero-order chi connectivity index (χ0) is 32.3. The van der Waals surface area contributed by atoms with Crippen molar-refractivity contribution in [3.63, 3.8) is 0 Å². The number of amides is 1. The molecule has 0 fully saturated rings. The molecule has 4 rings (SSSR count). The number of carbonyl (C=O) groups excluding carboxylic acids is 2. The number of unbranched alkanes of at least 4 members (excludes halogenated alkanes) is 1. The average molecular weight is 653 g/mol. The molecule has 0 radical (unpaired) electrons. The first-order valence-corrected chi connectivity index (χ1v) is 16.7. The Labute approximate surface area is 270 Å². The third-order valence-electron chi connectivity index (χ3n) is 7.16. The molecule has 0 aliphatic heterocycles. The number of ether oxygens (including phenoxy) is 3. The minimum absolute atomic E-state index is 0.155. The van der Waals surface area contributed by atoms with Crippen LogP contribution in [0.15, 0.2) is 66.0 Å². The van der Waals surface area contributed by atoms with Crippen LogP contribution in [0.4, 0.5) is 4.79 Å². The van der Waals surface area contributed by atoms with Crippen LogP contribution in [0.5, 0.6) is 5.88 Å². The van der Waals surface area contributed by atoms with Gasteiger partial charge in [-0.1, -0.05) is 81.8 Å². The van der Waals surface area contributed by atoms with Crippen molar-refractivity contribution in [2.75, 3.05) is 26.9 Å². The molecule has 240 valence electrons. The Morgan fingerprint density at radius 1 is 1.07 bits per heavy atom. The van der Waals surface area contributed by atoms with Gasteiger partial charge in [-0.2, -0.15) is 4.98 Å². The summed E-state index contributed by atoms with van der Waals surface area (Å²) in [5.41, 5.74) is 3.78. The summed E-state index contributed by atoms with van der Waals surface area (Å²) in [6.07, 6.45) is 1.34. The van der Waals surface area contributed by atoms with Crippen molar-refractivity contribution in [2.45, 2.75) is 46.2 Å². The molecule has 2 unspecified atom stereocenters. The molecular weight excluding hydrogens is 615 g/mol. The Morgan fingerprint density at radius 3 is 2.42 bits per heavy atom. The second-order valence-corrected chi connectivity index (χ2v) is 12.4. The molecule has 0 N–H and O–H groups in total. The van der Waals surface area contributed by atoms with E-state index in [0.29, 0.717) is 31.1 Å². The fourth-order valence-corrected chi connectivity index (χ4v) is 6.88. The molecule has 10 nitrogen and oxygen atoms in total. The third-order valence-corrected chi connectivity index (χ3v) is 8.85. The van der Waals surface area contributed by atoms with Crippen molar-refractivity contribution in [3.05, 3.63) is 82.2 Å². The van der Waals surface area contributed by atoms with Crippen LogP contribution < -0.4 is 4.74 Å². The number of methoxy groups -OCH3 is 1. The molecule has 0 aliphatic rings. The van der Waals surface area contributed by atoms with Crippen LogP contribution in [0.3, 0.4) is 0 Å². The fraction of sp³-hybridized carbons (Fsp3) is 0.364. The van der Waals surface area contributed by atoms with E-state index in [1.54, 1.807) is 7.11 Å². The van der Waals surface area contributed by atoms with Gasteiger partial charge < -0.3 is 23.3 Å². The zero-order valence-corrected chi connectivity index (χ0v) is 27.5. The van der Waals surface area contributed by atoms with Crippen LogP contribution >= 0.6 is 11.3 Å². The monoisotopic (exact) mass is 652 g/mol. The lowest BCUT2D eigenvalue weighted by atomic mass is 9.96. The molecule has 0 aliphatic carbocycles. The third kappa shape index (κ3) is 8.26. The van der Waals surface area contributed by atoms with Crippen molar-refractivity contribution >= 4 is 35.0 Å². The van der Waals surface area contributed by atoms with Crippen LogP contribution in [0.1, 0.15) is 60.6 Å². The van der Waals surface area contributed by atoms with Gasteiger partial charge in [0.05, 0.1) is 30.5 Å². The molecule has 12 heteroatoms. The van der Waals surface area contributed by atoms with Crippen molar-refractivity contribution in [3.8, 4) is 28.4 Å². The highest BCUT2D eigenvalue weighted by atomic mass is 32.2. The summed E-state index contributed by atoms with van der Waals surface area (Å²) in [5.74, 6) is 0.636. The lowest BCUT2D eigenvalue weighted by molar-refractivity contribution is 0.107. The Balaban J connectivity index is 1.65. The first kappa shape index (κ1) is 34.0. The molecule has 0 spiro atoms. The molecule has 1 amide bonds. The largest absolute Gasteiger partial charge is 0.755 e. The number of benzene rings is 2. The number of hydrogen-bond acceptors (Lipinski definition) is 9. The van der Waals surface area contributed by atoms with E-state index in [2.05, 4.69) is 4.98 Å². The van der Waals surface area contributed by atoms with E-state index in [-0.39, 0.29) is 25.0 Å². The van der Waals surface area contributed by atoms with Gasteiger partial charge in [0.1, 0.15) is 18.1 Å². The Bertz CT molecular complexity index is 1570. The molecule has 45 heavy (non-hydrogen) atoms. The molecule has 2 heterocycles. The molecule has 2 atom stereocenters. The maximum absolute atomic E-state index is 12.9. The highest BCUT2D eigenvalue weighted by molar-refractivity contribution is 7.77. The van der Waals surface area contributed by atoms with Gasteiger partial charge in [0, 0.05) is 24.1 Å². The number of imidazole rings is 1.